The van der Waals surface area contributed by atoms with Crippen LogP contribution < -0.4 is 26.9 Å². The third kappa shape index (κ3) is 5.16. The third-order valence-electron chi connectivity index (χ3n) is 6.15. The van der Waals surface area contributed by atoms with E-state index in [1.807, 2.05) is 0 Å². The molecule has 0 aromatic rings. The Labute approximate surface area is 160 Å². The number of rotatable bonds is 5. The molecule has 27 heavy (non-hydrogen) atoms. The van der Waals surface area contributed by atoms with E-state index in [9.17, 15) is 9.18 Å². The number of halogens is 1. The molecule has 0 aromatic heterocycles. The lowest BCUT2D eigenvalue weighted by Crippen LogP contribution is -2.55. The lowest BCUT2D eigenvalue weighted by Gasteiger charge is -2.28. The highest BCUT2D eigenvalue weighted by Gasteiger charge is 2.37. The number of amides is 1. The van der Waals surface area contributed by atoms with Crippen molar-refractivity contribution in [2.75, 3.05) is 32.7 Å². The maximum atomic E-state index is 13.6. The first-order chi connectivity index (χ1) is 13.2. The molecular formula is C18H33FN6O2. The van der Waals surface area contributed by atoms with E-state index < -0.39 is 6.17 Å². The molecule has 3 heterocycles. The fourth-order valence-corrected chi connectivity index (χ4v) is 4.68. The summed E-state index contributed by atoms with van der Waals surface area (Å²) >= 11 is 0. The highest BCUT2D eigenvalue weighted by molar-refractivity contribution is 5.82. The Hall–Kier alpha value is -0.840. The number of nitrogens with zero attached hydrogens (tertiary/aromatic N) is 1. The largest absolute Gasteiger partial charge is 0.349 e. The molecule has 8 nitrogen and oxygen atoms in total. The molecule has 4 fully saturated rings. The minimum atomic E-state index is -0.642. The van der Waals surface area contributed by atoms with Crippen molar-refractivity contribution in [3.05, 3.63) is 0 Å². The summed E-state index contributed by atoms with van der Waals surface area (Å²) in [5.74, 6) is 0.403. The van der Waals surface area contributed by atoms with E-state index in [2.05, 4.69) is 31.9 Å². The van der Waals surface area contributed by atoms with Gasteiger partial charge in [0.2, 0.25) is 5.91 Å². The zero-order chi connectivity index (χ0) is 18.6. The number of hydroxylamine groups is 1. The van der Waals surface area contributed by atoms with Crippen LogP contribution in [-0.4, -0.2) is 74.2 Å². The molecule has 9 heteroatoms. The molecule has 3 saturated heterocycles. The molecule has 0 radical (unpaired) electrons. The second kappa shape index (κ2) is 9.11. The summed E-state index contributed by atoms with van der Waals surface area (Å²) in [7, 11) is 0. The van der Waals surface area contributed by atoms with Crippen LogP contribution in [0.5, 0.6) is 0 Å². The molecule has 0 aromatic carbocycles. The molecule has 3 aliphatic heterocycles. The Morgan fingerprint density at radius 1 is 1.19 bits per heavy atom. The highest BCUT2D eigenvalue weighted by atomic mass is 19.1. The summed E-state index contributed by atoms with van der Waals surface area (Å²) in [4.78, 5) is 18.2. The van der Waals surface area contributed by atoms with Crippen LogP contribution in [0.2, 0.25) is 0 Å². The van der Waals surface area contributed by atoms with Crippen molar-refractivity contribution in [3.63, 3.8) is 0 Å². The average molecular weight is 385 g/mol. The van der Waals surface area contributed by atoms with Crippen molar-refractivity contribution in [2.24, 2.45) is 5.92 Å². The maximum absolute atomic E-state index is 13.6. The van der Waals surface area contributed by atoms with Gasteiger partial charge in [-0.2, -0.15) is 5.48 Å². The SMILES string of the molecule is O=C(NC1CNN(CC2CCCC(F)C2)C1)C1CC(C2NCCCN2)ON1. The quantitative estimate of drug-likeness (QED) is 0.432. The van der Waals surface area contributed by atoms with E-state index in [1.54, 1.807) is 0 Å². The molecule has 0 spiro atoms. The van der Waals surface area contributed by atoms with E-state index in [4.69, 9.17) is 4.84 Å². The third-order valence-corrected chi connectivity index (χ3v) is 6.15. The van der Waals surface area contributed by atoms with Crippen molar-refractivity contribution >= 4 is 5.91 Å². The number of alkyl halides is 1. The van der Waals surface area contributed by atoms with E-state index in [0.29, 0.717) is 25.2 Å². The molecule has 4 aliphatic rings. The van der Waals surface area contributed by atoms with Gasteiger partial charge in [0, 0.05) is 26.1 Å². The van der Waals surface area contributed by atoms with E-state index in [0.717, 1.165) is 52.0 Å². The van der Waals surface area contributed by atoms with Gasteiger partial charge in [-0.25, -0.2) is 9.40 Å². The Bertz CT molecular complexity index is 506. The van der Waals surface area contributed by atoms with Gasteiger partial charge in [0.05, 0.1) is 12.2 Å². The van der Waals surface area contributed by atoms with Gasteiger partial charge in [-0.3, -0.25) is 25.7 Å². The zero-order valence-electron chi connectivity index (χ0n) is 15.9. The molecule has 1 amide bonds. The topological polar surface area (TPSA) is 89.7 Å². The van der Waals surface area contributed by atoms with Crippen molar-refractivity contribution in [2.45, 2.75) is 69.1 Å². The van der Waals surface area contributed by atoms with Crippen LogP contribution >= 0.6 is 0 Å². The molecule has 0 bridgehead atoms. The summed E-state index contributed by atoms with van der Waals surface area (Å²) < 4.78 is 13.6. The average Bonchev–Trinajstić information content (AvgIpc) is 3.32. The Kier molecular flexibility index (Phi) is 6.57. The van der Waals surface area contributed by atoms with Crippen LogP contribution in [0.1, 0.15) is 38.5 Å². The number of hydrogen-bond acceptors (Lipinski definition) is 7. The van der Waals surface area contributed by atoms with Gasteiger partial charge in [-0.15, -0.1) is 0 Å². The minimum Gasteiger partial charge on any atom is -0.349 e. The Balaban J connectivity index is 1.18. The van der Waals surface area contributed by atoms with Crippen molar-refractivity contribution in [1.82, 2.24) is 31.9 Å². The lowest BCUT2D eigenvalue weighted by atomic mass is 9.88. The number of nitrogens with one attached hydrogen (secondary N) is 5. The number of hydrogen-bond donors (Lipinski definition) is 5. The van der Waals surface area contributed by atoms with Gasteiger partial charge in [0.25, 0.3) is 0 Å². The second-order valence-electron chi connectivity index (χ2n) is 8.40. The number of hydrazine groups is 1. The summed E-state index contributed by atoms with van der Waals surface area (Å²) in [6, 6.07) is -0.241. The molecule has 154 valence electrons. The fraction of sp³-hybridized carbons (Fsp3) is 0.944. The highest BCUT2D eigenvalue weighted by Crippen LogP contribution is 2.27. The number of carbonyl (C=O) groups excluding carboxylic acids is 1. The predicted octanol–water partition coefficient (Wildman–Crippen LogP) is -0.609. The van der Waals surface area contributed by atoms with Gasteiger partial charge >= 0.3 is 0 Å². The number of carbonyl (C=O) groups is 1. The van der Waals surface area contributed by atoms with Crippen molar-refractivity contribution in [1.29, 1.82) is 0 Å². The zero-order valence-corrected chi connectivity index (χ0v) is 15.9. The van der Waals surface area contributed by atoms with Gasteiger partial charge in [0.1, 0.15) is 18.3 Å². The normalized spacial score (nSPS) is 38.9. The van der Waals surface area contributed by atoms with Crippen molar-refractivity contribution in [3.8, 4) is 0 Å². The van der Waals surface area contributed by atoms with Crippen LogP contribution in [-0.2, 0) is 9.63 Å². The molecular weight excluding hydrogens is 351 g/mol. The fourth-order valence-electron chi connectivity index (χ4n) is 4.68. The first kappa shape index (κ1) is 19.5. The molecule has 5 unspecified atom stereocenters. The Morgan fingerprint density at radius 2 is 2.04 bits per heavy atom. The van der Waals surface area contributed by atoms with E-state index in [-0.39, 0.29) is 30.3 Å². The molecule has 5 N–H and O–H groups in total. The van der Waals surface area contributed by atoms with Gasteiger partial charge in [-0.1, -0.05) is 6.42 Å². The van der Waals surface area contributed by atoms with Crippen LogP contribution in [0.4, 0.5) is 4.39 Å². The summed E-state index contributed by atoms with van der Waals surface area (Å²) in [5.41, 5.74) is 6.24. The lowest BCUT2D eigenvalue weighted by molar-refractivity contribution is -0.125. The van der Waals surface area contributed by atoms with Crippen LogP contribution in [0, 0.1) is 5.92 Å². The van der Waals surface area contributed by atoms with Crippen molar-refractivity contribution < 1.29 is 14.0 Å². The molecule has 1 aliphatic carbocycles. The van der Waals surface area contributed by atoms with Gasteiger partial charge < -0.3 is 5.32 Å². The van der Waals surface area contributed by atoms with Gasteiger partial charge in [0.15, 0.2) is 0 Å². The van der Waals surface area contributed by atoms with Crippen LogP contribution in [0.3, 0.4) is 0 Å². The molecule has 5 atom stereocenters. The minimum absolute atomic E-state index is 0.0107. The standard InChI is InChI=1S/C18H33FN6O2/c19-13-4-1-3-12(7-13)10-25-11-14(9-22-25)23-18(26)15-8-16(27-24-15)17-20-5-2-6-21-17/h12-17,20-22,24H,1-11H2,(H,23,26). The summed E-state index contributed by atoms with van der Waals surface area (Å²) in [6.07, 6.45) is 4.65. The van der Waals surface area contributed by atoms with Gasteiger partial charge in [-0.05, 0) is 44.7 Å². The molecule has 1 saturated carbocycles. The van der Waals surface area contributed by atoms with E-state index >= 15 is 0 Å². The molecule has 4 rings (SSSR count). The summed E-state index contributed by atoms with van der Waals surface area (Å²) in [6.45, 7) is 4.30. The van der Waals surface area contributed by atoms with E-state index in [1.165, 1.54) is 0 Å². The maximum Gasteiger partial charge on any atom is 0.239 e. The monoisotopic (exact) mass is 384 g/mol. The second-order valence-corrected chi connectivity index (χ2v) is 8.40. The van der Waals surface area contributed by atoms with Crippen LogP contribution in [0.15, 0.2) is 0 Å². The predicted molar refractivity (Wildman–Crippen MR) is 99.2 cm³/mol. The van der Waals surface area contributed by atoms with Crippen LogP contribution in [0.25, 0.3) is 0 Å². The first-order valence-corrected chi connectivity index (χ1v) is 10.5. The summed E-state index contributed by atoms with van der Waals surface area (Å²) in [5, 5.41) is 12.0. The smallest absolute Gasteiger partial charge is 0.239 e. The first-order valence-electron chi connectivity index (χ1n) is 10.5. The Morgan fingerprint density at radius 3 is 2.85 bits per heavy atom.